The molecule has 0 aromatic heterocycles. The normalized spacial score (nSPS) is 23.2. The molecule has 1 aliphatic heterocycles. The van der Waals surface area contributed by atoms with Crippen LogP contribution in [0.2, 0.25) is 5.02 Å². The third kappa shape index (κ3) is 3.26. The quantitative estimate of drug-likeness (QED) is 0.732. The number of nitrogens with zero attached hydrogens (tertiary/aromatic N) is 1. The zero-order chi connectivity index (χ0) is 15.8. The molecular formula is C13H15BrClNO4S. The van der Waals surface area contributed by atoms with E-state index in [0.29, 0.717) is 4.47 Å². The fourth-order valence-corrected chi connectivity index (χ4v) is 5.29. The molecule has 1 aliphatic rings. The van der Waals surface area contributed by atoms with Crippen molar-refractivity contribution in [1.82, 2.24) is 4.90 Å². The smallest absolute Gasteiger partial charge is 0.323 e. The summed E-state index contributed by atoms with van der Waals surface area (Å²) in [7, 11) is -0.592. The highest BCUT2D eigenvalue weighted by atomic mass is 79.9. The van der Waals surface area contributed by atoms with Crippen molar-refractivity contribution in [2.45, 2.75) is 22.6 Å². The molecule has 0 amide bonds. The minimum atomic E-state index is -3.60. The Bertz CT molecular complexity index is 664. The van der Waals surface area contributed by atoms with Crippen molar-refractivity contribution in [2.24, 2.45) is 0 Å². The van der Waals surface area contributed by atoms with Crippen LogP contribution < -0.4 is 0 Å². The van der Waals surface area contributed by atoms with Gasteiger partial charge in [0.25, 0.3) is 0 Å². The predicted molar refractivity (Wildman–Crippen MR) is 83.2 cm³/mol. The monoisotopic (exact) mass is 395 g/mol. The van der Waals surface area contributed by atoms with Gasteiger partial charge in [0.2, 0.25) is 0 Å². The molecule has 1 heterocycles. The maximum absolute atomic E-state index is 12.7. The predicted octanol–water partition coefficient (Wildman–Crippen LogP) is 2.12. The van der Waals surface area contributed by atoms with Crippen molar-refractivity contribution < 1.29 is 17.9 Å². The summed E-state index contributed by atoms with van der Waals surface area (Å²) in [6, 6.07) is 4.12. The molecule has 21 heavy (non-hydrogen) atoms. The van der Waals surface area contributed by atoms with E-state index in [1.807, 2.05) is 0 Å². The second-order valence-electron chi connectivity index (χ2n) is 4.96. The number of sulfone groups is 1. The van der Waals surface area contributed by atoms with Gasteiger partial charge in [-0.2, -0.15) is 0 Å². The molecule has 1 saturated heterocycles. The van der Waals surface area contributed by atoms with Gasteiger partial charge in [0.05, 0.1) is 22.3 Å². The lowest BCUT2D eigenvalue weighted by molar-refractivity contribution is -0.145. The fraction of sp³-hybridized carbons (Fsp3) is 0.462. The average Bonchev–Trinajstić information content (AvgIpc) is 2.80. The molecule has 2 rings (SSSR count). The third-order valence-corrected chi connectivity index (χ3v) is 6.73. The van der Waals surface area contributed by atoms with Gasteiger partial charge in [0, 0.05) is 11.0 Å². The number of rotatable bonds is 3. The van der Waals surface area contributed by atoms with Crippen molar-refractivity contribution in [3.05, 3.63) is 27.7 Å². The molecule has 0 aliphatic carbocycles. The van der Waals surface area contributed by atoms with Gasteiger partial charge in [0.15, 0.2) is 9.84 Å². The van der Waals surface area contributed by atoms with Gasteiger partial charge in [-0.25, -0.2) is 8.42 Å². The molecule has 1 fully saturated rings. The Morgan fingerprint density at radius 1 is 1.48 bits per heavy atom. The van der Waals surface area contributed by atoms with Crippen molar-refractivity contribution in [3.63, 3.8) is 0 Å². The summed E-state index contributed by atoms with van der Waals surface area (Å²) in [5, 5.41) is -0.501. The van der Waals surface area contributed by atoms with Crippen molar-refractivity contribution in [1.29, 1.82) is 0 Å². The van der Waals surface area contributed by atoms with Crippen LogP contribution in [0.5, 0.6) is 0 Å². The summed E-state index contributed by atoms with van der Waals surface area (Å²) in [4.78, 5) is 13.4. The van der Waals surface area contributed by atoms with Gasteiger partial charge in [-0.05, 0) is 31.7 Å². The molecule has 0 bridgehead atoms. The summed E-state index contributed by atoms with van der Waals surface area (Å²) < 4.78 is 30.8. The Morgan fingerprint density at radius 3 is 2.71 bits per heavy atom. The number of ether oxygens (including phenoxy) is 1. The van der Waals surface area contributed by atoms with E-state index in [4.69, 9.17) is 16.3 Å². The van der Waals surface area contributed by atoms with Crippen molar-refractivity contribution in [3.8, 4) is 0 Å². The molecular weight excluding hydrogens is 382 g/mol. The molecule has 0 unspecified atom stereocenters. The van der Waals surface area contributed by atoms with E-state index < -0.39 is 27.1 Å². The highest BCUT2D eigenvalue weighted by Crippen LogP contribution is 2.32. The number of hydrogen-bond donors (Lipinski definition) is 0. The van der Waals surface area contributed by atoms with Crippen molar-refractivity contribution in [2.75, 3.05) is 20.7 Å². The van der Waals surface area contributed by atoms with Gasteiger partial charge in [-0.1, -0.05) is 27.5 Å². The molecule has 1 aromatic rings. The lowest BCUT2D eigenvalue weighted by Gasteiger charge is -2.15. The number of benzene rings is 1. The summed E-state index contributed by atoms with van der Waals surface area (Å²) >= 11 is 9.29. The molecule has 2 atom stereocenters. The van der Waals surface area contributed by atoms with Gasteiger partial charge in [-0.15, -0.1) is 0 Å². The number of methoxy groups -OCH3 is 1. The maximum atomic E-state index is 12.7. The van der Waals surface area contributed by atoms with Crippen LogP contribution in [0.25, 0.3) is 0 Å². The van der Waals surface area contributed by atoms with E-state index in [-0.39, 0.29) is 22.9 Å². The van der Waals surface area contributed by atoms with E-state index >= 15 is 0 Å². The number of carbonyl (C=O) groups is 1. The fourth-order valence-electron chi connectivity index (χ4n) is 2.47. The lowest BCUT2D eigenvalue weighted by Crippen LogP contribution is -2.33. The van der Waals surface area contributed by atoms with Crippen molar-refractivity contribution >= 4 is 43.3 Å². The zero-order valence-corrected chi connectivity index (χ0v) is 14.7. The molecule has 1 aromatic carbocycles. The first-order valence-corrected chi connectivity index (χ1v) is 8.96. The first-order valence-electron chi connectivity index (χ1n) is 6.24. The Hall–Kier alpha value is -0.630. The molecule has 8 heteroatoms. The Balaban J connectivity index is 2.31. The Labute approximate surface area is 137 Å². The van der Waals surface area contributed by atoms with E-state index in [2.05, 4.69) is 15.9 Å². The summed E-state index contributed by atoms with van der Waals surface area (Å²) in [5.41, 5.74) is 0. The molecule has 0 saturated carbocycles. The lowest BCUT2D eigenvalue weighted by atomic mass is 10.2. The second-order valence-corrected chi connectivity index (χ2v) is 8.48. The van der Waals surface area contributed by atoms with Gasteiger partial charge in [0.1, 0.15) is 6.04 Å². The number of halogens is 2. The van der Waals surface area contributed by atoms with Crippen LogP contribution in [0, 0.1) is 0 Å². The first kappa shape index (κ1) is 16.7. The van der Waals surface area contributed by atoms with E-state index in [9.17, 15) is 13.2 Å². The van der Waals surface area contributed by atoms with E-state index in [1.165, 1.54) is 13.2 Å². The topological polar surface area (TPSA) is 63.7 Å². The number of carbonyl (C=O) groups excluding carboxylic acids is 1. The maximum Gasteiger partial charge on any atom is 0.323 e. The van der Waals surface area contributed by atoms with Crippen LogP contribution in [0.3, 0.4) is 0 Å². The molecule has 0 radical (unpaired) electrons. The summed E-state index contributed by atoms with van der Waals surface area (Å²) in [5.74, 6) is -0.419. The van der Waals surface area contributed by atoms with Crippen LogP contribution in [0.1, 0.15) is 6.42 Å². The molecule has 116 valence electrons. The van der Waals surface area contributed by atoms with Crippen LogP contribution >= 0.6 is 27.5 Å². The molecule has 0 N–H and O–H groups in total. The highest BCUT2D eigenvalue weighted by Gasteiger charge is 2.42. The van der Waals surface area contributed by atoms with Crippen LogP contribution in [0.15, 0.2) is 27.6 Å². The minimum absolute atomic E-state index is 0.0938. The number of likely N-dealkylation sites (N-methyl/N-ethyl adjacent to an activating group) is 1. The average molecular weight is 397 g/mol. The van der Waals surface area contributed by atoms with E-state index in [0.717, 1.165) is 0 Å². The highest BCUT2D eigenvalue weighted by molar-refractivity contribution is 9.10. The van der Waals surface area contributed by atoms with Gasteiger partial charge in [-0.3, -0.25) is 9.69 Å². The summed E-state index contributed by atoms with van der Waals surface area (Å²) in [6.45, 7) is 0.272. The number of hydrogen-bond acceptors (Lipinski definition) is 5. The number of likely N-dealkylation sites (tertiary alicyclic amines) is 1. The van der Waals surface area contributed by atoms with Crippen LogP contribution in [-0.2, 0) is 19.4 Å². The standard InChI is InChI=1S/C13H15BrClNO4S/c1-16-7-9(6-11(16)13(17)20-2)21(18,19)12-4-3-8(14)5-10(12)15/h3-5,9,11H,6-7H2,1-2H3/t9-,11+/m1/s1. The zero-order valence-electron chi connectivity index (χ0n) is 11.5. The largest absolute Gasteiger partial charge is 0.468 e. The van der Waals surface area contributed by atoms with Crippen LogP contribution in [-0.4, -0.2) is 51.3 Å². The SMILES string of the molecule is COC(=O)[C@@H]1C[C@@H](S(=O)(=O)c2ccc(Br)cc2Cl)CN1C. The number of esters is 1. The van der Waals surface area contributed by atoms with Gasteiger partial charge >= 0.3 is 5.97 Å². The van der Waals surface area contributed by atoms with Gasteiger partial charge < -0.3 is 4.74 Å². The van der Waals surface area contributed by atoms with Crippen LogP contribution in [0.4, 0.5) is 0 Å². The Kier molecular flexibility index (Phi) is 4.97. The second kappa shape index (κ2) is 6.24. The third-order valence-electron chi connectivity index (χ3n) is 3.62. The minimum Gasteiger partial charge on any atom is -0.468 e. The molecule has 5 nitrogen and oxygen atoms in total. The summed E-state index contributed by atoms with van der Waals surface area (Å²) in [6.07, 6.45) is 0.206. The first-order chi connectivity index (χ1) is 9.77. The van der Waals surface area contributed by atoms with E-state index in [1.54, 1.807) is 24.1 Å². The molecule has 0 spiro atoms. The Morgan fingerprint density at radius 2 is 2.14 bits per heavy atom.